The standard InChI is InChI=1S/C12H15ClN2O4/c1-18-4-5-19-7-11(16)15-10-6-8(12(14)17)2-3-9(10)13/h2-3,6H,4-5,7H2,1H3,(H2,14,17)(H,15,16). The van der Waals surface area contributed by atoms with Gasteiger partial charge in [0.2, 0.25) is 11.8 Å². The zero-order valence-corrected chi connectivity index (χ0v) is 11.2. The van der Waals surface area contributed by atoms with E-state index in [2.05, 4.69) is 5.32 Å². The van der Waals surface area contributed by atoms with E-state index in [0.717, 1.165) is 0 Å². The molecule has 7 heteroatoms. The molecule has 1 aromatic rings. The van der Waals surface area contributed by atoms with Crippen LogP contribution in [0.1, 0.15) is 10.4 Å². The molecule has 0 aliphatic carbocycles. The van der Waals surface area contributed by atoms with E-state index in [1.165, 1.54) is 18.2 Å². The van der Waals surface area contributed by atoms with Crippen LogP contribution in [0.2, 0.25) is 5.02 Å². The maximum absolute atomic E-state index is 11.6. The van der Waals surface area contributed by atoms with Crippen molar-refractivity contribution < 1.29 is 19.1 Å². The van der Waals surface area contributed by atoms with E-state index in [1.54, 1.807) is 7.11 Å². The van der Waals surface area contributed by atoms with Crippen LogP contribution in [0.15, 0.2) is 18.2 Å². The van der Waals surface area contributed by atoms with Gasteiger partial charge in [0.25, 0.3) is 0 Å². The Morgan fingerprint density at radius 1 is 1.37 bits per heavy atom. The highest BCUT2D eigenvalue weighted by Crippen LogP contribution is 2.22. The number of carbonyl (C=O) groups excluding carboxylic acids is 2. The molecule has 0 saturated heterocycles. The zero-order chi connectivity index (χ0) is 14.3. The Bertz CT molecular complexity index is 465. The van der Waals surface area contributed by atoms with Crippen LogP contribution >= 0.6 is 11.6 Å². The van der Waals surface area contributed by atoms with Crippen LogP contribution in [0, 0.1) is 0 Å². The van der Waals surface area contributed by atoms with Gasteiger partial charge in [-0.3, -0.25) is 9.59 Å². The van der Waals surface area contributed by atoms with Gasteiger partial charge in [-0.05, 0) is 18.2 Å². The number of benzene rings is 1. The molecule has 2 amide bonds. The minimum atomic E-state index is -0.594. The maximum Gasteiger partial charge on any atom is 0.250 e. The van der Waals surface area contributed by atoms with Crippen molar-refractivity contribution in [1.82, 2.24) is 0 Å². The summed E-state index contributed by atoms with van der Waals surface area (Å²) in [6, 6.07) is 4.39. The van der Waals surface area contributed by atoms with Gasteiger partial charge < -0.3 is 20.5 Å². The molecule has 104 valence electrons. The lowest BCUT2D eigenvalue weighted by Gasteiger charge is -2.08. The first-order chi connectivity index (χ1) is 9.04. The normalized spacial score (nSPS) is 10.2. The minimum Gasteiger partial charge on any atom is -0.382 e. The highest BCUT2D eigenvalue weighted by atomic mass is 35.5. The summed E-state index contributed by atoms with van der Waals surface area (Å²) in [6.07, 6.45) is 0. The minimum absolute atomic E-state index is 0.125. The summed E-state index contributed by atoms with van der Waals surface area (Å²) in [5.41, 5.74) is 5.73. The Morgan fingerprint density at radius 3 is 2.74 bits per heavy atom. The Hall–Kier alpha value is -1.63. The zero-order valence-electron chi connectivity index (χ0n) is 10.4. The molecule has 1 aromatic carbocycles. The molecule has 0 bridgehead atoms. The maximum atomic E-state index is 11.6. The first kappa shape index (κ1) is 15.4. The SMILES string of the molecule is COCCOCC(=O)Nc1cc(C(N)=O)ccc1Cl. The molecule has 0 unspecified atom stereocenters. The molecule has 0 aliphatic heterocycles. The van der Waals surface area contributed by atoms with Gasteiger partial charge in [-0.15, -0.1) is 0 Å². The number of amides is 2. The second-order valence-corrected chi connectivity index (χ2v) is 4.06. The number of hydrogen-bond donors (Lipinski definition) is 2. The third kappa shape index (κ3) is 5.25. The van der Waals surface area contributed by atoms with Gasteiger partial charge in [0, 0.05) is 12.7 Å². The van der Waals surface area contributed by atoms with Crippen molar-refractivity contribution in [2.45, 2.75) is 0 Å². The third-order valence-corrected chi connectivity index (χ3v) is 2.52. The van der Waals surface area contributed by atoms with Gasteiger partial charge in [0.15, 0.2) is 0 Å². The molecule has 0 atom stereocenters. The molecule has 0 heterocycles. The fourth-order valence-electron chi connectivity index (χ4n) is 1.27. The van der Waals surface area contributed by atoms with Crippen molar-refractivity contribution in [3.05, 3.63) is 28.8 Å². The molecular formula is C12H15ClN2O4. The summed E-state index contributed by atoms with van der Waals surface area (Å²) in [7, 11) is 1.54. The Balaban J connectivity index is 2.58. The first-order valence-corrected chi connectivity index (χ1v) is 5.88. The summed E-state index contributed by atoms with van der Waals surface area (Å²) in [5, 5.41) is 2.85. The largest absolute Gasteiger partial charge is 0.382 e. The van der Waals surface area contributed by atoms with Gasteiger partial charge in [-0.1, -0.05) is 11.6 Å². The number of halogens is 1. The lowest BCUT2D eigenvalue weighted by molar-refractivity contribution is -0.121. The number of ether oxygens (including phenoxy) is 2. The highest BCUT2D eigenvalue weighted by molar-refractivity contribution is 6.33. The fraction of sp³-hybridized carbons (Fsp3) is 0.333. The number of nitrogens with two attached hydrogens (primary N) is 1. The van der Waals surface area contributed by atoms with Crippen LogP contribution in [-0.4, -0.2) is 38.7 Å². The summed E-state index contributed by atoms with van der Waals surface area (Å²) in [6.45, 7) is 0.602. The van der Waals surface area contributed by atoms with Crippen molar-refractivity contribution in [3.63, 3.8) is 0 Å². The molecule has 1 rings (SSSR count). The first-order valence-electron chi connectivity index (χ1n) is 5.50. The lowest BCUT2D eigenvalue weighted by atomic mass is 10.2. The van der Waals surface area contributed by atoms with Gasteiger partial charge in [0.1, 0.15) is 6.61 Å². The van der Waals surface area contributed by atoms with Gasteiger partial charge >= 0.3 is 0 Å². The molecule has 19 heavy (non-hydrogen) atoms. The van der Waals surface area contributed by atoms with Crippen molar-refractivity contribution in [2.24, 2.45) is 5.73 Å². The topological polar surface area (TPSA) is 90.7 Å². The summed E-state index contributed by atoms with van der Waals surface area (Å²) in [5.74, 6) is -0.969. The number of hydrogen-bond acceptors (Lipinski definition) is 4. The van der Waals surface area contributed by atoms with Crippen molar-refractivity contribution in [2.75, 3.05) is 32.2 Å². The fourth-order valence-corrected chi connectivity index (χ4v) is 1.43. The second kappa shape index (κ2) is 7.73. The van der Waals surface area contributed by atoms with Crippen molar-refractivity contribution in [3.8, 4) is 0 Å². The van der Waals surface area contributed by atoms with E-state index in [4.69, 9.17) is 26.8 Å². The quantitative estimate of drug-likeness (QED) is 0.733. The summed E-state index contributed by atoms with van der Waals surface area (Å²) >= 11 is 5.90. The molecule has 0 radical (unpaired) electrons. The van der Waals surface area contributed by atoms with Crippen molar-refractivity contribution >= 4 is 29.1 Å². The highest BCUT2D eigenvalue weighted by Gasteiger charge is 2.09. The molecular weight excluding hydrogens is 272 g/mol. The monoisotopic (exact) mass is 286 g/mol. The molecule has 0 aromatic heterocycles. The van der Waals surface area contributed by atoms with E-state index in [1.807, 2.05) is 0 Å². The van der Waals surface area contributed by atoms with E-state index >= 15 is 0 Å². The lowest BCUT2D eigenvalue weighted by Crippen LogP contribution is -2.20. The predicted octanol–water partition coefficient (Wildman–Crippen LogP) is 1.04. The van der Waals surface area contributed by atoms with Crippen LogP contribution in [0.4, 0.5) is 5.69 Å². The average molecular weight is 287 g/mol. The van der Waals surface area contributed by atoms with Crippen LogP contribution in [0.5, 0.6) is 0 Å². The molecule has 0 spiro atoms. The van der Waals surface area contributed by atoms with Gasteiger partial charge in [-0.25, -0.2) is 0 Å². The Labute approximate surface area is 115 Å². The molecule has 0 fully saturated rings. The van der Waals surface area contributed by atoms with E-state index in [-0.39, 0.29) is 18.1 Å². The third-order valence-electron chi connectivity index (χ3n) is 2.19. The van der Waals surface area contributed by atoms with E-state index in [9.17, 15) is 9.59 Å². The number of anilines is 1. The van der Waals surface area contributed by atoms with Gasteiger partial charge in [0.05, 0.1) is 23.9 Å². The molecule has 6 nitrogen and oxygen atoms in total. The number of methoxy groups -OCH3 is 1. The number of carbonyl (C=O) groups is 2. The van der Waals surface area contributed by atoms with E-state index < -0.39 is 5.91 Å². The van der Waals surface area contributed by atoms with Crippen LogP contribution in [-0.2, 0) is 14.3 Å². The average Bonchev–Trinajstić information content (AvgIpc) is 2.37. The van der Waals surface area contributed by atoms with Crippen LogP contribution < -0.4 is 11.1 Å². The van der Waals surface area contributed by atoms with Gasteiger partial charge in [-0.2, -0.15) is 0 Å². The number of rotatable bonds is 7. The smallest absolute Gasteiger partial charge is 0.250 e. The molecule has 3 N–H and O–H groups in total. The molecule has 0 aliphatic rings. The van der Waals surface area contributed by atoms with Crippen LogP contribution in [0.3, 0.4) is 0 Å². The van der Waals surface area contributed by atoms with Crippen molar-refractivity contribution in [1.29, 1.82) is 0 Å². The predicted molar refractivity (Wildman–Crippen MR) is 71.3 cm³/mol. The number of primary amides is 1. The Morgan fingerprint density at radius 2 is 2.11 bits per heavy atom. The Kier molecular flexibility index (Phi) is 6.27. The molecule has 0 saturated carbocycles. The second-order valence-electron chi connectivity index (χ2n) is 3.65. The van der Waals surface area contributed by atoms with E-state index in [0.29, 0.717) is 23.9 Å². The number of nitrogens with one attached hydrogen (secondary N) is 1. The summed E-state index contributed by atoms with van der Waals surface area (Å²) < 4.78 is 9.83. The van der Waals surface area contributed by atoms with Crippen LogP contribution in [0.25, 0.3) is 0 Å². The summed E-state index contributed by atoms with van der Waals surface area (Å²) in [4.78, 5) is 22.6.